The van der Waals surface area contributed by atoms with Crippen LogP contribution in [0.2, 0.25) is 0 Å². The Balaban J connectivity index is 3.66. The van der Waals surface area contributed by atoms with Gasteiger partial charge in [-0.1, -0.05) is 11.8 Å². The lowest BCUT2D eigenvalue weighted by Gasteiger charge is -2.07. The molecule has 11 heavy (non-hydrogen) atoms. The predicted molar refractivity (Wildman–Crippen MR) is 47.7 cm³/mol. The van der Waals surface area contributed by atoms with Gasteiger partial charge in [-0.3, -0.25) is 10.2 Å². The van der Waals surface area contributed by atoms with Crippen molar-refractivity contribution >= 4 is 22.8 Å². The molecule has 4 N–H and O–H groups in total. The lowest BCUT2D eigenvalue weighted by molar-refractivity contribution is -0.117. The molecule has 0 aromatic heterocycles. The predicted octanol–water partition coefficient (Wildman–Crippen LogP) is 0.138. The average molecular weight is 175 g/mol. The van der Waals surface area contributed by atoms with Crippen molar-refractivity contribution in [2.75, 3.05) is 6.54 Å². The average Bonchev–Trinajstić information content (AvgIpc) is 1.87. The van der Waals surface area contributed by atoms with E-state index < -0.39 is 5.91 Å². The number of carbonyl (C=O) groups is 1. The molecule has 64 valence electrons. The molecule has 0 aromatic rings. The smallest absolute Gasteiger partial charge is 0.230 e. The van der Waals surface area contributed by atoms with Gasteiger partial charge in [-0.2, -0.15) is 0 Å². The first-order valence-corrected chi connectivity index (χ1v) is 4.24. The first-order valence-electron chi connectivity index (χ1n) is 3.36. The molecule has 0 rings (SSSR count). The maximum Gasteiger partial charge on any atom is 0.230 e. The van der Waals surface area contributed by atoms with Crippen molar-refractivity contribution in [2.24, 2.45) is 5.73 Å². The van der Waals surface area contributed by atoms with E-state index in [-0.39, 0.29) is 5.25 Å². The fourth-order valence-electron chi connectivity index (χ4n) is 0.437. The van der Waals surface area contributed by atoms with E-state index in [1.165, 1.54) is 0 Å². The molecule has 0 heterocycles. The molecule has 0 aliphatic carbocycles. The SMILES string of the molecule is CCNC(=N)SC(C)C(N)=O. The lowest BCUT2D eigenvalue weighted by atomic mass is 10.5. The molecule has 0 saturated heterocycles. The molecule has 0 spiro atoms. The molecule has 0 fully saturated rings. The molecule has 0 saturated carbocycles. The number of nitrogens with one attached hydrogen (secondary N) is 2. The minimum absolute atomic E-state index is 0.291. The minimum Gasteiger partial charge on any atom is -0.369 e. The summed E-state index contributed by atoms with van der Waals surface area (Å²) in [5.41, 5.74) is 5.00. The zero-order valence-electron chi connectivity index (χ0n) is 6.68. The summed E-state index contributed by atoms with van der Waals surface area (Å²) in [7, 11) is 0. The second-order valence-electron chi connectivity index (χ2n) is 2.02. The van der Waals surface area contributed by atoms with Crippen molar-refractivity contribution < 1.29 is 4.79 Å². The summed E-state index contributed by atoms with van der Waals surface area (Å²) in [5, 5.41) is 9.98. The van der Waals surface area contributed by atoms with Gasteiger partial charge in [-0.15, -0.1) is 0 Å². The molecule has 0 aliphatic heterocycles. The van der Waals surface area contributed by atoms with Crippen LogP contribution in [-0.2, 0) is 4.79 Å². The van der Waals surface area contributed by atoms with Crippen LogP contribution in [0.15, 0.2) is 0 Å². The highest BCUT2D eigenvalue weighted by Crippen LogP contribution is 2.08. The van der Waals surface area contributed by atoms with Gasteiger partial charge in [0.25, 0.3) is 0 Å². The molecule has 0 aromatic carbocycles. The molecule has 0 radical (unpaired) electrons. The van der Waals surface area contributed by atoms with Crippen LogP contribution in [0.5, 0.6) is 0 Å². The Morgan fingerprint density at radius 2 is 2.36 bits per heavy atom. The monoisotopic (exact) mass is 175 g/mol. The third-order valence-electron chi connectivity index (χ3n) is 1.03. The molecular weight excluding hydrogens is 162 g/mol. The molecule has 4 nitrogen and oxygen atoms in total. The van der Waals surface area contributed by atoms with Gasteiger partial charge in [0, 0.05) is 6.54 Å². The number of amidine groups is 1. The first kappa shape index (κ1) is 10.3. The van der Waals surface area contributed by atoms with E-state index in [2.05, 4.69) is 5.32 Å². The third kappa shape index (κ3) is 4.66. The van der Waals surface area contributed by atoms with Crippen LogP contribution in [0.1, 0.15) is 13.8 Å². The Morgan fingerprint density at radius 1 is 1.82 bits per heavy atom. The summed E-state index contributed by atoms with van der Waals surface area (Å²) in [6.07, 6.45) is 0. The summed E-state index contributed by atoms with van der Waals surface area (Å²) in [5.74, 6) is -0.391. The first-order chi connectivity index (χ1) is 5.07. The fourth-order valence-corrected chi connectivity index (χ4v) is 1.13. The quantitative estimate of drug-likeness (QED) is 0.421. The summed E-state index contributed by atoms with van der Waals surface area (Å²) in [6, 6.07) is 0. The zero-order valence-corrected chi connectivity index (χ0v) is 7.49. The molecule has 0 bridgehead atoms. The highest BCUT2D eigenvalue weighted by Gasteiger charge is 2.10. The van der Waals surface area contributed by atoms with Crippen LogP contribution < -0.4 is 11.1 Å². The van der Waals surface area contributed by atoms with E-state index in [4.69, 9.17) is 11.1 Å². The van der Waals surface area contributed by atoms with Crippen molar-refractivity contribution in [3.63, 3.8) is 0 Å². The Hall–Kier alpha value is -0.710. The summed E-state index contributed by atoms with van der Waals surface area (Å²) in [6.45, 7) is 4.26. The maximum absolute atomic E-state index is 10.5. The van der Waals surface area contributed by atoms with Crippen molar-refractivity contribution in [1.82, 2.24) is 5.32 Å². The van der Waals surface area contributed by atoms with Crippen LogP contribution in [0, 0.1) is 5.41 Å². The number of primary amides is 1. The van der Waals surface area contributed by atoms with Gasteiger partial charge in [0.15, 0.2) is 5.17 Å². The van der Waals surface area contributed by atoms with E-state index in [1.54, 1.807) is 6.92 Å². The lowest BCUT2D eigenvalue weighted by Crippen LogP contribution is -2.28. The van der Waals surface area contributed by atoms with E-state index in [1.807, 2.05) is 6.92 Å². The van der Waals surface area contributed by atoms with Crippen LogP contribution in [-0.4, -0.2) is 22.9 Å². The van der Waals surface area contributed by atoms with Gasteiger partial charge in [0.05, 0.1) is 5.25 Å². The van der Waals surface area contributed by atoms with Crippen LogP contribution in [0.4, 0.5) is 0 Å². The molecule has 0 aliphatic rings. The number of hydrogen-bond acceptors (Lipinski definition) is 3. The zero-order chi connectivity index (χ0) is 8.85. The maximum atomic E-state index is 10.5. The van der Waals surface area contributed by atoms with Crippen LogP contribution >= 0.6 is 11.8 Å². The van der Waals surface area contributed by atoms with E-state index in [0.717, 1.165) is 11.8 Å². The topological polar surface area (TPSA) is 79.0 Å². The Labute approximate surface area is 70.4 Å². The highest BCUT2D eigenvalue weighted by atomic mass is 32.2. The largest absolute Gasteiger partial charge is 0.369 e. The summed E-state index contributed by atoms with van der Waals surface area (Å²) in [4.78, 5) is 10.5. The van der Waals surface area contributed by atoms with E-state index in [9.17, 15) is 4.79 Å². The van der Waals surface area contributed by atoms with Gasteiger partial charge in [-0.05, 0) is 13.8 Å². The van der Waals surface area contributed by atoms with Gasteiger partial charge >= 0.3 is 0 Å². The molecule has 1 atom stereocenters. The number of hydrogen-bond donors (Lipinski definition) is 3. The van der Waals surface area contributed by atoms with Crippen molar-refractivity contribution in [3.05, 3.63) is 0 Å². The van der Waals surface area contributed by atoms with Crippen molar-refractivity contribution in [2.45, 2.75) is 19.1 Å². The number of carbonyl (C=O) groups excluding carboxylic acids is 1. The number of thioether (sulfide) groups is 1. The van der Waals surface area contributed by atoms with Gasteiger partial charge < -0.3 is 11.1 Å². The summed E-state index contributed by atoms with van der Waals surface area (Å²) >= 11 is 1.13. The standard InChI is InChI=1S/C6H13N3OS/c1-3-9-6(8)11-4(2)5(7)10/h4H,3H2,1-2H3,(H2,7,10)(H2,8,9). The van der Waals surface area contributed by atoms with Crippen molar-refractivity contribution in [1.29, 1.82) is 5.41 Å². The molecule has 1 amide bonds. The highest BCUT2D eigenvalue weighted by molar-refractivity contribution is 8.14. The van der Waals surface area contributed by atoms with E-state index >= 15 is 0 Å². The number of rotatable bonds is 3. The Bertz CT molecular complexity index is 160. The normalized spacial score (nSPS) is 12.2. The second kappa shape index (κ2) is 5.01. The van der Waals surface area contributed by atoms with Gasteiger partial charge in [-0.25, -0.2) is 0 Å². The van der Waals surface area contributed by atoms with Crippen LogP contribution in [0.3, 0.4) is 0 Å². The second-order valence-corrected chi connectivity index (χ2v) is 3.37. The minimum atomic E-state index is -0.391. The summed E-state index contributed by atoms with van der Waals surface area (Å²) < 4.78 is 0. The fraction of sp³-hybridized carbons (Fsp3) is 0.667. The Morgan fingerprint density at radius 3 is 2.73 bits per heavy atom. The van der Waals surface area contributed by atoms with Gasteiger partial charge in [0.1, 0.15) is 0 Å². The number of amides is 1. The molecular formula is C6H13N3OS. The van der Waals surface area contributed by atoms with E-state index in [0.29, 0.717) is 11.7 Å². The Kier molecular flexibility index (Phi) is 4.69. The number of nitrogens with two attached hydrogens (primary N) is 1. The molecule has 1 unspecified atom stereocenters. The van der Waals surface area contributed by atoms with Gasteiger partial charge in [0.2, 0.25) is 5.91 Å². The third-order valence-corrected chi connectivity index (χ3v) is 2.00. The van der Waals surface area contributed by atoms with Crippen LogP contribution in [0.25, 0.3) is 0 Å². The molecule has 5 heteroatoms. The van der Waals surface area contributed by atoms with Crippen molar-refractivity contribution in [3.8, 4) is 0 Å².